The topological polar surface area (TPSA) is 65.5 Å². The lowest BCUT2D eigenvalue weighted by Crippen LogP contribution is -2.06. The third-order valence-electron chi connectivity index (χ3n) is 2.73. The summed E-state index contributed by atoms with van der Waals surface area (Å²) in [5.41, 5.74) is 0.778. The van der Waals surface area contributed by atoms with Crippen molar-refractivity contribution in [1.82, 2.24) is 4.98 Å². The van der Waals surface area contributed by atoms with E-state index in [1.807, 2.05) is 24.3 Å². The highest BCUT2D eigenvalue weighted by Gasteiger charge is 2.02. The van der Waals surface area contributed by atoms with Gasteiger partial charge in [0, 0.05) is 11.5 Å². The number of nitrogens with zero attached hydrogens (tertiary/aromatic N) is 1. The first-order valence-corrected chi connectivity index (χ1v) is 8.67. The molecular weight excluding hydrogens is 314 g/mol. The van der Waals surface area contributed by atoms with Crippen molar-refractivity contribution in [1.29, 1.82) is 0 Å². The number of unbranched alkanes of at least 4 members (excludes halogenated alkanes) is 1. The fourth-order valence-electron chi connectivity index (χ4n) is 1.77. The highest BCUT2D eigenvalue weighted by molar-refractivity contribution is 7.85. The zero-order valence-corrected chi connectivity index (χ0v) is 13.2. The summed E-state index contributed by atoms with van der Waals surface area (Å²) in [6.07, 6.45) is 2.36. The van der Waals surface area contributed by atoms with Crippen LogP contribution in [0.5, 0.6) is 5.75 Å². The maximum atomic E-state index is 10.8. The first-order valence-electron chi connectivity index (χ1n) is 6.47. The van der Waals surface area contributed by atoms with Crippen molar-refractivity contribution in [2.24, 2.45) is 0 Å². The molecule has 0 aliphatic carbocycles. The van der Waals surface area contributed by atoms with Crippen molar-refractivity contribution < 1.29 is 17.3 Å². The highest BCUT2D eigenvalue weighted by Crippen LogP contribution is 2.21. The Kier molecular flexibility index (Phi) is 5.39. The number of hydrogen-bond acceptors (Lipinski definition) is 5. The lowest BCUT2D eigenvalue weighted by Gasteiger charge is -2.07. The molecule has 0 radical (unpaired) electrons. The smallest absolute Gasteiger partial charge is 0.264 e. The maximum Gasteiger partial charge on any atom is 0.264 e. The van der Waals surface area contributed by atoms with Gasteiger partial charge in [-0.1, -0.05) is 11.6 Å². The standard InChI is InChI=1S/C14H16ClNO4S/c1-21(17,18)20-9-3-2-8-19-12-6-4-11-5-7-14(15)16-13(11)10-12/h4-7,10H,2-3,8-9H2,1H3. The van der Waals surface area contributed by atoms with Crippen LogP contribution < -0.4 is 4.74 Å². The average molecular weight is 330 g/mol. The first kappa shape index (κ1) is 16.0. The van der Waals surface area contributed by atoms with Gasteiger partial charge in [-0.2, -0.15) is 8.42 Å². The summed E-state index contributed by atoms with van der Waals surface area (Å²) in [4.78, 5) is 4.22. The van der Waals surface area contributed by atoms with Gasteiger partial charge in [-0.3, -0.25) is 4.18 Å². The van der Waals surface area contributed by atoms with E-state index in [1.54, 1.807) is 6.07 Å². The molecule has 7 heteroatoms. The number of aromatic nitrogens is 1. The first-order chi connectivity index (χ1) is 9.94. The van der Waals surface area contributed by atoms with E-state index in [-0.39, 0.29) is 6.61 Å². The van der Waals surface area contributed by atoms with Crippen LogP contribution in [0, 0.1) is 0 Å². The molecule has 0 unspecified atom stereocenters. The number of rotatable bonds is 7. The molecule has 0 atom stereocenters. The fourth-order valence-corrected chi connectivity index (χ4v) is 2.34. The van der Waals surface area contributed by atoms with Crippen LogP contribution in [0.25, 0.3) is 10.9 Å². The quantitative estimate of drug-likeness (QED) is 0.444. The molecule has 0 fully saturated rings. The van der Waals surface area contributed by atoms with Gasteiger partial charge >= 0.3 is 0 Å². The molecule has 0 amide bonds. The second-order valence-electron chi connectivity index (χ2n) is 4.57. The van der Waals surface area contributed by atoms with Crippen molar-refractivity contribution in [2.75, 3.05) is 19.5 Å². The third kappa shape index (κ3) is 5.49. The van der Waals surface area contributed by atoms with Gasteiger partial charge in [-0.05, 0) is 37.1 Å². The van der Waals surface area contributed by atoms with E-state index in [2.05, 4.69) is 9.17 Å². The van der Waals surface area contributed by atoms with Crippen molar-refractivity contribution in [2.45, 2.75) is 12.8 Å². The summed E-state index contributed by atoms with van der Waals surface area (Å²) in [7, 11) is -3.35. The molecule has 0 saturated carbocycles. The highest BCUT2D eigenvalue weighted by atomic mass is 35.5. The van der Waals surface area contributed by atoms with Crippen LogP contribution in [0.1, 0.15) is 12.8 Å². The van der Waals surface area contributed by atoms with Gasteiger partial charge in [0.15, 0.2) is 0 Å². The normalized spacial score (nSPS) is 11.7. The Balaban J connectivity index is 1.81. The molecule has 0 aliphatic rings. The minimum atomic E-state index is -3.35. The zero-order valence-electron chi connectivity index (χ0n) is 11.6. The van der Waals surface area contributed by atoms with Gasteiger partial charge in [0.2, 0.25) is 0 Å². The van der Waals surface area contributed by atoms with Crippen molar-refractivity contribution in [3.8, 4) is 5.75 Å². The molecule has 21 heavy (non-hydrogen) atoms. The molecule has 1 aromatic carbocycles. The molecule has 114 valence electrons. The summed E-state index contributed by atoms with van der Waals surface area (Å²) in [5, 5.41) is 1.44. The van der Waals surface area contributed by atoms with E-state index >= 15 is 0 Å². The second kappa shape index (κ2) is 7.06. The van der Waals surface area contributed by atoms with Crippen LogP contribution in [0.2, 0.25) is 5.15 Å². The van der Waals surface area contributed by atoms with E-state index in [4.69, 9.17) is 16.3 Å². The molecule has 2 aromatic rings. The van der Waals surface area contributed by atoms with Gasteiger partial charge in [0.25, 0.3) is 10.1 Å². The van der Waals surface area contributed by atoms with Gasteiger partial charge in [0.1, 0.15) is 10.9 Å². The van der Waals surface area contributed by atoms with E-state index in [0.717, 1.165) is 17.2 Å². The number of ether oxygens (including phenoxy) is 1. The lowest BCUT2D eigenvalue weighted by molar-refractivity contribution is 0.270. The maximum absolute atomic E-state index is 10.8. The Morgan fingerprint density at radius 3 is 2.62 bits per heavy atom. The van der Waals surface area contributed by atoms with Crippen LogP contribution in [0.3, 0.4) is 0 Å². The zero-order chi connectivity index (χ0) is 15.3. The van der Waals surface area contributed by atoms with Gasteiger partial charge in [-0.25, -0.2) is 4.98 Å². The van der Waals surface area contributed by atoms with E-state index < -0.39 is 10.1 Å². The molecule has 0 saturated heterocycles. The lowest BCUT2D eigenvalue weighted by atomic mass is 10.2. The number of halogens is 1. The molecule has 5 nitrogen and oxygen atoms in total. The van der Waals surface area contributed by atoms with Crippen LogP contribution in [0.4, 0.5) is 0 Å². The predicted octanol–water partition coefficient (Wildman–Crippen LogP) is 3.02. The van der Waals surface area contributed by atoms with E-state index in [1.165, 1.54) is 0 Å². The predicted molar refractivity (Wildman–Crippen MR) is 82.3 cm³/mol. The Labute approximate surface area is 129 Å². The molecule has 0 N–H and O–H groups in total. The Morgan fingerprint density at radius 1 is 1.14 bits per heavy atom. The SMILES string of the molecule is CS(=O)(=O)OCCCCOc1ccc2ccc(Cl)nc2c1. The van der Waals surface area contributed by atoms with Crippen LogP contribution >= 0.6 is 11.6 Å². The van der Waals surface area contributed by atoms with Gasteiger partial charge in [-0.15, -0.1) is 0 Å². The number of benzene rings is 1. The number of fused-ring (bicyclic) bond motifs is 1. The van der Waals surface area contributed by atoms with E-state index in [9.17, 15) is 8.42 Å². The summed E-state index contributed by atoms with van der Waals surface area (Å²) in [6, 6.07) is 9.25. The van der Waals surface area contributed by atoms with Crippen LogP contribution in [-0.2, 0) is 14.3 Å². The monoisotopic (exact) mass is 329 g/mol. The minimum Gasteiger partial charge on any atom is -0.494 e. The summed E-state index contributed by atoms with van der Waals surface area (Å²) in [6.45, 7) is 0.663. The fraction of sp³-hybridized carbons (Fsp3) is 0.357. The van der Waals surface area contributed by atoms with Crippen molar-refractivity contribution in [3.05, 3.63) is 35.5 Å². The number of hydrogen-bond donors (Lipinski definition) is 0. The van der Waals surface area contributed by atoms with Crippen LogP contribution in [-0.4, -0.2) is 32.9 Å². The minimum absolute atomic E-state index is 0.178. The summed E-state index contributed by atoms with van der Waals surface area (Å²) >= 11 is 5.85. The molecule has 1 heterocycles. The van der Waals surface area contributed by atoms with Crippen molar-refractivity contribution >= 4 is 32.6 Å². The van der Waals surface area contributed by atoms with E-state index in [0.29, 0.717) is 30.4 Å². The summed E-state index contributed by atoms with van der Waals surface area (Å²) < 4.78 is 31.8. The summed E-state index contributed by atoms with van der Waals surface area (Å²) in [5.74, 6) is 0.710. The molecule has 0 spiro atoms. The largest absolute Gasteiger partial charge is 0.494 e. The molecule has 2 rings (SSSR count). The third-order valence-corrected chi connectivity index (χ3v) is 3.54. The Morgan fingerprint density at radius 2 is 1.86 bits per heavy atom. The molecule has 1 aromatic heterocycles. The average Bonchev–Trinajstić information content (AvgIpc) is 2.41. The van der Waals surface area contributed by atoms with Crippen molar-refractivity contribution in [3.63, 3.8) is 0 Å². The molecular formula is C14H16ClNO4S. The number of pyridine rings is 1. The van der Waals surface area contributed by atoms with Gasteiger partial charge in [0.05, 0.1) is 25.0 Å². The molecule has 0 bridgehead atoms. The van der Waals surface area contributed by atoms with Gasteiger partial charge < -0.3 is 4.74 Å². The second-order valence-corrected chi connectivity index (χ2v) is 6.60. The van der Waals surface area contributed by atoms with Crippen LogP contribution in [0.15, 0.2) is 30.3 Å². The Hall–Kier alpha value is -1.37. The Bertz CT molecular complexity index is 718. The molecule has 0 aliphatic heterocycles.